The van der Waals surface area contributed by atoms with E-state index >= 15 is 0 Å². The van der Waals surface area contributed by atoms with Crippen LogP contribution in [-0.2, 0) is 11.3 Å². The number of nitrogens with one attached hydrogen (secondary N) is 2. The number of para-hydroxylation sites is 1. The molecule has 1 aromatic heterocycles. The van der Waals surface area contributed by atoms with Gasteiger partial charge in [0.15, 0.2) is 5.96 Å². The molecule has 6 heteroatoms. The van der Waals surface area contributed by atoms with E-state index in [9.17, 15) is 4.79 Å². The van der Waals surface area contributed by atoms with Crippen LogP contribution in [0.25, 0.3) is 11.0 Å². The molecular weight excluding hydrogens is 316 g/mol. The van der Waals surface area contributed by atoms with Gasteiger partial charge in [0.1, 0.15) is 17.9 Å². The number of carbonyl (C=O) groups excluding carboxylic acids is 1. The topological polar surface area (TPSA) is 69.9 Å². The highest BCUT2D eigenvalue weighted by atomic mass is 16.3. The van der Waals surface area contributed by atoms with Crippen molar-refractivity contribution in [1.82, 2.24) is 15.5 Å². The molecule has 6 nitrogen and oxygen atoms in total. The second-order valence-electron chi connectivity index (χ2n) is 6.73. The van der Waals surface area contributed by atoms with Crippen LogP contribution in [0.15, 0.2) is 33.7 Å². The fourth-order valence-electron chi connectivity index (χ4n) is 2.32. The molecule has 2 N–H and O–H groups in total. The molecule has 2 rings (SSSR count). The molecule has 0 unspecified atom stereocenters. The summed E-state index contributed by atoms with van der Waals surface area (Å²) < 4.78 is 5.92. The van der Waals surface area contributed by atoms with Crippen molar-refractivity contribution >= 4 is 22.8 Å². The Labute approximate surface area is 149 Å². The Morgan fingerprint density at radius 2 is 1.96 bits per heavy atom. The number of fused-ring (bicyclic) bond motifs is 1. The maximum atomic E-state index is 11.8. The van der Waals surface area contributed by atoms with Crippen molar-refractivity contribution in [2.75, 3.05) is 27.2 Å². The molecular formula is C19H28N4O2. The Balaban J connectivity index is 2.08. The zero-order valence-electron chi connectivity index (χ0n) is 15.7. The van der Waals surface area contributed by atoms with Gasteiger partial charge in [0.05, 0.1) is 6.54 Å². The van der Waals surface area contributed by atoms with Crippen LogP contribution in [0, 0.1) is 12.8 Å². The van der Waals surface area contributed by atoms with Crippen LogP contribution >= 0.6 is 0 Å². The first-order chi connectivity index (χ1) is 11.9. The number of hydrogen-bond donors (Lipinski definition) is 2. The van der Waals surface area contributed by atoms with Crippen LogP contribution in [0.2, 0.25) is 0 Å². The quantitative estimate of drug-likeness (QED) is 0.624. The van der Waals surface area contributed by atoms with Crippen molar-refractivity contribution in [3.63, 3.8) is 0 Å². The monoisotopic (exact) mass is 344 g/mol. The standard InChI is InChI=1S/C19H28N4O2/c1-13(2)10-20-19(22-12-18(24)23(4)5)21-11-17-14(3)15-8-6-7-9-16(15)25-17/h6-9,13H,10-12H2,1-5H3,(H2,20,21,22). The summed E-state index contributed by atoms with van der Waals surface area (Å²) in [5.41, 5.74) is 2.00. The third kappa shape index (κ3) is 5.24. The fourth-order valence-corrected chi connectivity index (χ4v) is 2.32. The highest BCUT2D eigenvalue weighted by molar-refractivity contribution is 5.85. The van der Waals surface area contributed by atoms with E-state index in [0.29, 0.717) is 18.4 Å². The van der Waals surface area contributed by atoms with Gasteiger partial charge in [-0.05, 0) is 18.9 Å². The van der Waals surface area contributed by atoms with Gasteiger partial charge < -0.3 is 20.0 Å². The van der Waals surface area contributed by atoms with Gasteiger partial charge in [-0.2, -0.15) is 0 Å². The predicted molar refractivity (Wildman–Crippen MR) is 102 cm³/mol. The molecule has 0 fully saturated rings. The molecule has 25 heavy (non-hydrogen) atoms. The van der Waals surface area contributed by atoms with E-state index in [4.69, 9.17) is 4.42 Å². The average Bonchev–Trinajstić information content (AvgIpc) is 2.90. The van der Waals surface area contributed by atoms with Crippen molar-refractivity contribution in [2.45, 2.75) is 27.3 Å². The first-order valence-corrected chi connectivity index (χ1v) is 8.57. The number of benzene rings is 1. The molecule has 0 bridgehead atoms. The van der Waals surface area contributed by atoms with Gasteiger partial charge >= 0.3 is 0 Å². The van der Waals surface area contributed by atoms with Crippen LogP contribution < -0.4 is 10.6 Å². The van der Waals surface area contributed by atoms with E-state index in [1.807, 2.05) is 18.2 Å². The minimum Gasteiger partial charge on any atom is -0.459 e. The normalized spacial score (nSPS) is 11.8. The zero-order valence-corrected chi connectivity index (χ0v) is 15.7. The van der Waals surface area contributed by atoms with Gasteiger partial charge in [0.25, 0.3) is 0 Å². The smallest absolute Gasteiger partial charge is 0.243 e. The van der Waals surface area contributed by atoms with Crippen LogP contribution in [0.4, 0.5) is 0 Å². The van der Waals surface area contributed by atoms with E-state index in [-0.39, 0.29) is 12.5 Å². The Kier molecular flexibility index (Phi) is 6.44. The molecule has 0 saturated heterocycles. The van der Waals surface area contributed by atoms with Gasteiger partial charge in [-0.1, -0.05) is 32.0 Å². The van der Waals surface area contributed by atoms with Gasteiger partial charge in [0.2, 0.25) is 5.91 Å². The maximum Gasteiger partial charge on any atom is 0.243 e. The van der Waals surface area contributed by atoms with Crippen molar-refractivity contribution < 1.29 is 9.21 Å². The maximum absolute atomic E-state index is 11.8. The molecule has 1 aromatic carbocycles. The van der Waals surface area contributed by atoms with Crippen molar-refractivity contribution in [2.24, 2.45) is 10.9 Å². The molecule has 0 aliphatic rings. The number of likely N-dealkylation sites (N-methyl/N-ethyl adjacent to an activating group) is 1. The summed E-state index contributed by atoms with van der Waals surface area (Å²) in [6.45, 7) is 7.70. The number of hydrogen-bond acceptors (Lipinski definition) is 3. The van der Waals surface area contributed by atoms with Crippen molar-refractivity contribution in [3.05, 3.63) is 35.6 Å². The highest BCUT2D eigenvalue weighted by Crippen LogP contribution is 2.24. The van der Waals surface area contributed by atoms with E-state index in [1.165, 1.54) is 4.90 Å². The van der Waals surface area contributed by atoms with Crippen LogP contribution in [0.1, 0.15) is 25.2 Å². The largest absolute Gasteiger partial charge is 0.459 e. The fraction of sp³-hybridized carbons (Fsp3) is 0.474. The molecule has 0 radical (unpaired) electrons. The molecule has 0 spiro atoms. The summed E-state index contributed by atoms with van der Waals surface area (Å²) in [7, 11) is 3.45. The Hall–Kier alpha value is -2.50. The number of aryl methyl sites for hydroxylation is 1. The Bertz CT molecular complexity index is 747. The average molecular weight is 344 g/mol. The molecule has 0 atom stereocenters. The number of guanidine groups is 1. The zero-order chi connectivity index (χ0) is 18.4. The molecule has 0 saturated carbocycles. The lowest BCUT2D eigenvalue weighted by atomic mass is 10.1. The van der Waals surface area contributed by atoms with Crippen molar-refractivity contribution in [3.8, 4) is 0 Å². The lowest BCUT2D eigenvalue weighted by Gasteiger charge is -2.14. The third-order valence-electron chi connectivity index (χ3n) is 3.91. The Morgan fingerprint density at radius 3 is 2.60 bits per heavy atom. The first-order valence-electron chi connectivity index (χ1n) is 8.57. The molecule has 0 aliphatic carbocycles. The lowest BCUT2D eigenvalue weighted by Crippen LogP contribution is -2.39. The summed E-state index contributed by atoms with van der Waals surface area (Å²) in [5, 5.41) is 7.65. The lowest BCUT2D eigenvalue weighted by molar-refractivity contribution is -0.127. The summed E-state index contributed by atoms with van der Waals surface area (Å²) in [6.07, 6.45) is 0. The predicted octanol–water partition coefficient (Wildman–Crippen LogP) is 2.52. The molecule has 2 aromatic rings. The first kappa shape index (κ1) is 18.8. The SMILES string of the molecule is Cc1c(CNC(=NCC(=O)N(C)C)NCC(C)C)oc2ccccc12. The number of aliphatic imine (C=N–C) groups is 1. The molecule has 0 aliphatic heterocycles. The van der Waals surface area contributed by atoms with Gasteiger partial charge in [0, 0.05) is 31.6 Å². The van der Waals surface area contributed by atoms with E-state index in [1.54, 1.807) is 14.1 Å². The molecule has 136 valence electrons. The summed E-state index contributed by atoms with van der Waals surface area (Å²) in [4.78, 5) is 17.7. The number of amides is 1. The van der Waals surface area contributed by atoms with Crippen LogP contribution in [0.3, 0.4) is 0 Å². The number of nitrogens with zero attached hydrogens (tertiary/aromatic N) is 2. The van der Waals surface area contributed by atoms with E-state index < -0.39 is 0 Å². The molecule has 1 heterocycles. The number of rotatable bonds is 6. The minimum atomic E-state index is -0.0365. The third-order valence-corrected chi connectivity index (χ3v) is 3.91. The van der Waals surface area contributed by atoms with Gasteiger partial charge in [-0.3, -0.25) is 4.79 Å². The van der Waals surface area contributed by atoms with Crippen LogP contribution in [-0.4, -0.2) is 44.0 Å². The minimum absolute atomic E-state index is 0.0365. The summed E-state index contributed by atoms with van der Waals surface area (Å²) in [5.74, 6) is 1.93. The second kappa shape index (κ2) is 8.55. The van der Waals surface area contributed by atoms with Crippen molar-refractivity contribution in [1.29, 1.82) is 0 Å². The van der Waals surface area contributed by atoms with E-state index in [2.05, 4.69) is 42.5 Å². The highest BCUT2D eigenvalue weighted by Gasteiger charge is 2.11. The van der Waals surface area contributed by atoms with Crippen LogP contribution in [0.5, 0.6) is 0 Å². The number of carbonyl (C=O) groups is 1. The second-order valence-corrected chi connectivity index (χ2v) is 6.73. The summed E-state index contributed by atoms with van der Waals surface area (Å²) in [6, 6.07) is 7.99. The molecule has 1 amide bonds. The Morgan fingerprint density at radius 1 is 1.24 bits per heavy atom. The van der Waals surface area contributed by atoms with Gasteiger partial charge in [-0.25, -0.2) is 4.99 Å². The summed E-state index contributed by atoms with van der Waals surface area (Å²) >= 11 is 0. The van der Waals surface area contributed by atoms with Gasteiger partial charge in [-0.15, -0.1) is 0 Å². The van der Waals surface area contributed by atoms with E-state index in [0.717, 1.165) is 28.8 Å². The number of furan rings is 1.